The first kappa shape index (κ1) is 13.6. The van der Waals surface area contributed by atoms with Crippen molar-refractivity contribution in [1.29, 1.82) is 0 Å². The number of phenols is 1. The second-order valence-electron chi connectivity index (χ2n) is 5.07. The van der Waals surface area contributed by atoms with Crippen LogP contribution in [-0.2, 0) is 6.42 Å². The second kappa shape index (κ2) is 5.55. The maximum absolute atomic E-state index is 9.70. The lowest BCUT2D eigenvalue weighted by Gasteiger charge is -2.28. The molecule has 1 unspecified atom stereocenters. The van der Waals surface area contributed by atoms with Crippen molar-refractivity contribution in [2.45, 2.75) is 25.3 Å². The SMILES string of the molecule is Oc1ccc2c(c1)C(Nc1cccc(Cl)c1Cl)CCC2. The van der Waals surface area contributed by atoms with Crippen molar-refractivity contribution in [2.24, 2.45) is 0 Å². The van der Waals surface area contributed by atoms with Crippen LogP contribution in [-0.4, -0.2) is 5.11 Å². The fraction of sp³-hybridized carbons (Fsp3) is 0.250. The van der Waals surface area contributed by atoms with Gasteiger partial charge in [0.15, 0.2) is 0 Å². The zero-order chi connectivity index (χ0) is 14.1. The highest BCUT2D eigenvalue weighted by molar-refractivity contribution is 6.43. The van der Waals surface area contributed by atoms with Crippen molar-refractivity contribution in [3.05, 3.63) is 57.6 Å². The van der Waals surface area contributed by atoms with Gasteiger partial charge in [-0.15, -0.1) is 0 Å². The van der Waals surface area contributed by atoms with Crippen molar-refractivity contribution in [2.75, 3.05) is 5.32 Å². The van der Waals surface area contributed by atoms with Gasteiger partial charge in [0, 0.05) is 0 Å². The lowest BCUT2D eigenvalue weighted by Crippen LogP contribution is -2.17. The van der Waals surface area contributed by atoms with Gasteiger partial charge < -0.3 is 10.4 Å². The smallest absolute Gasteiger partial charge is 0.115 e. The van der Waals surface area contributed by atoms with Crippen molar-refractivity contribution >= 4 is 28.9 Å². The number of hydrogen-bond acceptors (Lipinski definition) is 2. The molecule has 0 heterocycles. The number of anilines is 1. The molecule has 0 saturated heterocycles. The Labute approximate surface area is 128 Å². The minimum absolute atomic E-state index is 0.154. The topological polar surface area (TPSA) is 32.3 Å². The van der Waals surface area contributed by atoms with Gasteiger partial charge in [-0.3, -0.25) is 0 Å². The van der Waals surface area contributed by atoms with Gasteiger partial charge in [0.05, 0.1) is 21.8 Å². The Kier molecular flexibility index (Phi) is 3.77. The first-order chi connectivity index (χ1) is 9.65. The summed E-state index contributed by atoms with van der Waals surface area (Å²) in [5, 5.41) is 14.2. The number of fused-ring (bicyclic) bond motifs is 1. The normalized spacial score (nSPS) is 17.6. The van der Waals surface area contributed by atoms with Gasteiger partial charge in [-0.2, -0.15) is 0 Å². The molecule has 1 aliphatic rings. The molecule has 0 aromatic heterocycles. The van der Waals surface area contributed by atoms with E-state index in [9.17, 15) is 5.11 Å². The van der Waals surface area contributed by atoms with Crippen molar-refractivity contribution in [3.63, 3.8) is 0 Å². The molecule has 0 spiro atoms. The van der Waals surface area contributed by atoms with E-state index in [1.165, 1.54) is 5.56 Å². The lowest BCUT2D eigenvalue weighted by molar-refractivity contribution is 0.471. The molecular weight excluding hydrogens is 293 g/mol. The maximum atomic E-state index is 9.70. The van der Waals surface area contributed by atoms with Gasteiger partial charge >= 0.3 is 0 Å². The summed E-state index contributed by atoms with van der Waals surface area (Å²) in [5.41, 5.74) is 3.26. The fourth-order valence-electron chi connectivity index (χ4n) is 2.74. The molecular formula is C16H15Cl2NO. The summed E-state index contributed by atoms with van der Waals surface area (Å²) in [6, 6.07) is 11.3. The predicted molar refractivity (Wildman–Crippen MR) is 83.9 cm³/mol. The number of aryl methyl sites for hydroxylation is 1. The molecule has 1 atom stereocenters. The Bertz CT molecular complexity index is 642. The van der Waals surface area contributed by atoms with E-state index in [2.05, 4.69) is 5.32 Å². The predicted octanol–water partition coefficient (Wildman–Crippen LogP) is 5.19. The third-order valence-electron chi connectivity index (χ3n) is 3.73. The van der Waals surface area contributed by atoms with Gasteiger partial charge in [-0.05, 0) is 54.7 Å². The molecule has 20 heavy (non-hydrogen) atoms. The Morgan fingerprint density at radius 2 is 2.00 bits per heavy atom. The molecule has 104 valence electrons. The average molecular weight is 308 g/mol. The Balaban J connectivity index is 1.93. The molecule has 0 saturated carbocycles. The summed E-state index contributed by atoms with van der Waals surface area (Å²) in [7, 11) is 0. The average Bonchev–Trinajstić information content (AvgIpc) is 2.44. The molecule has 2 aromatic carbocycles. The van der Waals surface area contributed by atoms with Crippen LogP contribution in [0.2, 0.25) is 10.0 Å². The van der Waals surface area contributed by atoms with Gasteiger partial charge in [-0.25, -0.2) is 0 Å². The maximum Gasteiger partial charge on any atom is 0.115 e. The molecule has 2 nitrogen and oxygen atoms in total. The molecule has 0 bridgehead atoms. The van der Waals surface area contributed by atoms with Gasteiger partial charge in [0.25, 0.3) is 0 Å². The van der Waals surface area contributed by atoms with Crippen LogP contribution in [0.25, 0.3) is 0 Å². The summed E-state index contributed by atoms with van der Waals surface area (Å²) < 4.78 is 0. The third-order valence-corrected chi connectivity index (χ3v) is 4.54. The van der Waals surface area contributed by atoms with Gasteiger partial charge in [0.1, 0.15) is 5.75 Å². The van der Waals surface area contributed by atoms with E-state index in [0.717, 1.165) is 30.5 Å². The Hall–Kier alpha value is -1.38. The highest BCUT2D eigenvalue weighted by atomic mass is 35.5. The van der Waals surface area contributed by atoms with Crippen LogP contribution in [0.4, 0.5) is 5.69 Å². The fourth-order valence-corrected chi connectivity index (χ4v) is 3.09. The molecule has 2 aromatic rings. The van der Waals surface area contributed by atoms with E-state index in [-0.39, 0.29) is 6.04 Å². The highest BCUT2D eigenvalue weighted by Gasteiger charge is 2.21. The zero-order valence-electron chi connectivity index (χ0n) is 10.9. The van der Waals surface area contributed by atoms with E-state index < -0.39 is 0 Å². The summed E-state index contributed by atoms with van der Waals surface area (Å²) in [6.07, 6.45) is 3.18. The van der Waals surface area contributed by atoms with E-state index in [4.69, 9.17) is 23.2 Å². The van der Waals surface area contributed by atoms with Crippen LogP contribution in [0.3, 0.4) is 0 Å². The minimum atomic E-state index is 0.154. The molecule has 1 aliphatic carbocycles. The summed E-state index contributed by atoms with van der Waals surface area (Å²) in [5.74, 6) is 0.301. The summed E-state index contributed by atoms with van der Waals surface area (Å²) >= 11 is 12.3. The van der Waals surface area contributed by atoms with Crippen molar-refractivity contribution < 1.29 is 5.11 Å². The number of halogens is 2. The number of rotatable bonds is 2. The minimum Gasteiger partial charge on any atom is -0.508 e. The quantitative estimate of drug-likeness (QED) is 0.800. The van der Waals surface area contributed by atoms with Gasteiger partial charge in [0.2, 0.25) is 0 Å². The lowest BCUT2D eigenvalue weighted by atomic mass is 9.87. The van der Waals surface area contributed by atoms with Crippen LogP contribution in [0.1, 0.15) is 30.0 Å². The van der Waals surface area contributed by atoms with Crippen molar-refractivity contribution in [1.82, 2.24) is 0 Å². The first-order valence-electron chi connectivity index (χ1n) is 6.67. The summed E-state index contributed by atoms with van der Waals surface area (Å²) in [6.45, 7) is 0. The number of phenolic OH excluding ortho intramolecular Hbond substituents is 1. The monoisotopic (exact) mass is 307 g/mol. The van der Waals surface area contributed by atoms with Crippen molar-refractivity contribution in [3.8, 4) is 5.75 Å². The highest BCUT2D eigenvalue weighted by Crippen LogP contribution is 2.37. The molecule has 0 aliphatic heterocycles. The zero-order valence-corrected chi connectivity index (χ0v) is 12.4. The second-order valence-corrected chi connectivity index (χ2v) is 5.86. The third kappa shape index (κ3) is 2.58. The standard InChI is InChI=1S/C16H15Cl2NO/c17-13-4-2-6-15(16(13)18)19-14-5-1-3-10-7-8-11(20)9-12(10)14/h2,4,6-9,14,19-20H,1,3,5H2. The molecule has 3 rings (SSSR count). The Morgan fingerprint density at radius 1 is 1.15 bits per heavy atom. The molecule has 4 heteroatoms. The number of benzene rings is 2. The molecule has 0 fully saturated rings. The van der Waals surface area contributed by atoms with Crippen LogP contribution in [0.15, 0.2) is 36.4 Å². The molecule has 0 radical (unpaired) electrons. The van der Waals surface area contributed by atoms with Crippen LogP contribution in [0.5, 0.6) is 5.75 Å². The number of aromatic hydroxyl groups is 1. The largest absolute Gasteiger partial charge is 0.508 e. The number of nitrogens with one attached hydrogen (secondary N) is 1. The van der Waals surface area contributed by atoms with Crippen LogP contribution >= 0.6 is 23.2 Å². The molecule has 0 amide bonds. The van der Waals surface area contributed by atoms with E-state index in [1.54, 1.807) is 12.1 Å². The van der Waals surface area contributed by atoms with E-state index in [0.29, 0.717) is 15.8 Å². The first-order valence-corrected chi connectivity index (χ1v) is 7.43. The molecule has 2 N–H and O–H groups in total. The van der Waals surface area contributed by atoms with E-state index in [1.807, 2.05) is 24.3 Å². The Morgan fingerprint density at radius 3 is 2.85 bits per heavy atom. The summed E-state index contributed by atoms with van der Waals surface area (Å²) in [4.78, 5) is 0. The van der Waals surface area contributed by atoms with Crippen LogP contribution < -0.4 is 5.32 Å². The van der Waals surface area contributed by atoms with Crippen LogP contribution in [0, 0.1) is 0 Å². The van der Waals surface area contributed by atoms with Gasteiger partial charge in [-0.1, -0.05) is 35.3 Å². The van der Waals surface area contributed by atoms with E-state index >= 15 is 0 Å². The number of hydrogen-bond donors (Lipinski definition) is 2.